The minimum Gasteiger partial charge on any atom is -0.383 e. The van der Waals surface area contributed by atoms with Crippen LogP contribution in [0.1, 0.15) is 16.7 Å². The summed E-state index contributed by atoms with van der Waals surface area (Å²) in [7, 11) is 0. The van der Waals surface area contributed by atoms with E-state index in [-0.39, 0.29) is 0 Å². The Hall–Kier alpha value is -3.10. The van der Waals surface area contributed by atoms with Crippen molar-refractivity contribution in [2.75, 3.05) is 4.90 Å². The largest absolute Gasteiger partial charge is 0.383 e. The van der Waals surface area contributed by atoms with Crippen molar-refractivity contribution >= 4 is 34.7 Å². The van der Waals surface area contributed by atoms with Gasteiger partial charge in [-0.15, -0.1) is 0 Å². The number of halogens is 1. The van der Waals surface area contributed by atoms with Crippen LogP contribution in [0.15, 0.2) is 53.5 Å². The molecule has 24 heavy (non-hydrogen) atoms. The zero-order chi connectivity index (χ0) is 17.3. The summed E-state index contributed by atoms with van der Waals surface area (Å²) in [5, 5.41) is 9.84. The van der Waals surface area contributed by atoms with Gasteiger partial charge in [0.1, 0.15) is 5.84 Å². The summed E-state index contributed by atoms with van der Waals surface area (Å²) >= 11 is 6.07. The second kappa shape index (κ2) is 6.19. The molecule has 0 atom stereocenters. The molecule has 118 valence electrons. The molecule has 0 saturated carbocycles. The molecule has 3 rings (SSSR count). The molecule has 2 aromatic carbocycles. The van der Waals surface area contributed by atoms with Crippen LogP contribution < -0.4 is 10.6 Å². The fourth-order valence-corrected chi connectivity index (χ4v) is 2.60. The van der Waals surface area contributed by atoms with Crippen LogP contribution in [0.5, 0.6) is 0 Å². The predicted molar refractivity (Wildman–Crippen MR) is 94.4 cm³/mol. The third-order valence-corrected chi connectivity index (χ3v) is 4.12. The number of benzene rings is 2. The predicted octanol–water partition coefficient (Wildman–Crippen LogP) is 3.22. The van der Waals surface area contributed by atoms with Gasteiger partial charge in [0.15, 0.2) is 6.19 Å². The number of amidine groups is 1. The molecule has 2 N–H and O–H groups in total. The topological polar surface area (TPSA) is 82.5 Å². The van der Waals surface area contributed by atoms with Crippen molar-refractivity contribution in [1.29, 1.82) is 5.26 Å². The molecule has 0 spiro atoms. The summed E-state index contributed by atoms with van der Waals surface area (Å²) in [6.07, 6.45) is 3.18. The summed E-state index contributed by atoms with van der Waals surface area (Å²) in [5.41, 5.74) is 9.12. The van der Waals surface area contributed by atoms with Gasteiger partial charge in [0.05, 0.1) is 11.4 Å². The van der Waals surface area contributed by atoms with Crippen LogP contribution >= 0.6 is 11.6 Å². The van der Waals surface area contributed by atoms with Gasteiger partial charge in [-0.1, -0.05) is 41.9 Å². The summed E-state index contributed by atoms with van der Waals surface area (Å²) in [4.78, 5) is 17.7. The van der Waals surface area contributed by atoms with E-state index in [1.165, 1.54) is 6.08 Å². The van der Waals surface area contributed by atoms with Crippen molar-refractivity contribution in [2.45, 2.75) is 6.92 Å². The molecule has 0 bridgehead atoms. The van der Waals surface area contributed by atoms with Crippen molar-refractivity contribution in [3.63, 3.8) is 0 Å². The summed E-state index contributed by atoms with van der Waals surface area (Å²) in [6, 6.07) is 12.4. The number of carbonyl (C=O) groups is 1. The van der Waals surface area contributed by atoms with Gasteiger partial charge in [-0.25, -0.2) is 9.89 Å². The lowest BCUT2D eigenvalue weighted by Gasteiger charge is -2.13. The van der Waals surface area contributed by atoms with E-state index in [0.717, 1.165) is 21.6 Å². The van der Waals surface area contributed by atoms with Gasteiger partial charge < -0.3 is 5.73 Å². The van der Waals surface area contributed by atoms with E-state index in [1.807, 2.05) is 37.4 Å². The molecule has 1 amide bonds. The highest BCUT2D eigenvalue weighted by atomic mass is 35.5. The summed E-state index contributed by atoms with van der Waals surface area (Å²) < 4.78 is 0. The van der Waals surface area contributed by atoms with Crippen LogP contribution in [0, 0.1) is 18.4 Å². The Morgan fingerprint density at radius 1 is 1.29 bits per heavy atom. The minimum atomic E-state index is -0.513. The van der Waals surface area contributed by atoms with Crippen molar-refractivity contribution in [3.8, 4) is 6.19 Å². The van der Waals surface area contributed by atoms with E-state index in [2.05, 4.69) is 4.99 Å². The van der Waals surface area contributed by atoms with E-state index in [1.54, 1.807) is 18.2 Å². The number of hydrogen-bond donors (Lipinski definition) is 1. The molecule has 0 saturated heterocycles. The number of carbonyl (C=O) groups excluding carboxylic acids is 1. The standard InChI is InChI=1S/C18H13ClN4O/c1-11-6-7-12(8-15(11)19)23(10-20)17(24)9-16-13-4-2-3-5-14(13)18(21)22-16/h2-9H,1H3,(H2,21,22). The van der Waals surface area contributed by atoms with Crippen LogP contribution in [-0.2, 0) is 4.79 Å². The normalized spacial score (nSPS) is 14.0. The molecule has 0 unspecified atom stereocenters. The maximum absolute atomic E-state index is 12.5. The Morgan fingerprint density at radius 2 is 2.00 bits per heavy atom. The van der Waals surface area contributed by atoms with Crippen molar-refractivity contribution in [1.82, 2.24) is 0 Å². The number of nitriles is 1. The molecule has 0 radical (unpaired) electrons. The number of anilines is 1. The van der Waals surface area contributed by atoms with Gasteiger partial charge in [-0.2, -0.15) is 5.26 Å². The molecule has 2 aromatic rings. The summed E-state index contributed by atoms with van der Waals surface area (Å²) in [6.45, 7) is 1.85. The van der Waals surface area contributed by atoms with Gasteiger partial charge in [-0.05, 0) is 24.6 Å². The van der Waals surface area contributed by atoms with Gasteiger partial charge in [0, 0.05) is 22.2 Å². The Kier molecular flexibility index (Phi) is 4.07. The molecule has 0 aliphatic carbocycles. The smallest absolute Gasteiger partial charge is 0.266 e. The highest BCUT2D eigenvalue weighted by Gasteiger charge is 2.21. The number of nitrogens with zero attached hydrogens (tertiary/aromatic N) is 3. The first kappa shape index (κ1) is 15.8. The van der Waals surface area contributed by atoms with Crippen molar-refractivity contribution in [3.05, 3.63) is 70.3 Å². The first-order chi connectivity index (χ1) is 11.5. The average molecular weight is 337 g/mol. The van der Waals surface area contributed by atoms with Crippen LogP contribution in [0.2, 0.25) is 5.02 Å². The second-order valence-corrected chi connectivity index (χ2v) is 5.69. The lowest BCUT2D eigenvalue weighted by Crippen LogP contribution is -2.23. The van der Waals surface area contributed by atoms with Gasteiger partial charge in [0.2, 0.25) is 0 Å². The van der Waals surface area contributed by atoms with E-state index in [9.17, 15) is 10.1 Å². The Balaban J connectivity index is 1.97. The van der Waals surface area contributed by atoms with Crippen LogP contribution in [-0.4, -0.2) is 11.7 Å². The number of fused-ring (bicyclic) bond motifs is 1. The molecule has 1 aliphatic heterocycles. The Bertz CT molecular complexity index is 940. The molecule has 5 nitrogen and oxygen atoms in total. The van der Waals surface area contributed by atoms with Crippen LogP contribution in [0.4, 0.5) is 5.69 Å². The Morgan fingerprint density at radius 3 is 2.67 bits per heavy atom. The first-order valence-electron chi connectivity index (χ1n) is 7.17. The van der Waals surface area contributed by atoms with E-state index in [0.29, 0.717) is 22.2 Å². The fourth-order valence-electron chi connectivity index (χ4n) is 2.43. The Labute approximate surface area is 144 Å². The molecular weight excluding hydrogens is 324 g/mol. The second-order valence-electron chi connectivity index (χ2n) is 5.28. The monoisotopic (exact) mass is 336 g/mol. The van der Waals surface area contributed by atoms with Crippen LogP contribution in [0.3, 0.4) is 0 Å². The van der Waals surface area contributed by atoms with E-state index < -0.39 is 5.91 Å². The lowest BCUT2D eigenvalue weighted by molar-refractivity contribution is -0.113. The van der Waals surface area contributed by atoms with Crippen molar-refractivity contribution < 1.29 is 4.79 Å². The fraction of sp³-hybridized carbons (Fsp3) is 0.0556. The zero-order valence-corrected chi connectivity index (χ0v) is 13.6. The zero-order valence-electron chi connectivity index (χ0n) is 12.8. The number of hydrogen-bond acceptors (Lipinski definition) is 4. The number of aryl methyl sites for hydroxylation is 1. The molecular formula is C18H13ClN4O. The van der Waals surface area contributed by atoms with E-state index >= 15 is 0 Å². The quantitative estimate of drug-likeness (QED) is 0.519. The molecule has 1 aliphatic rings. The lowest BCUT2D eigenvalue weighted by atomic mass is 10.1. The SMILES string of the molecule is Cc1ccc(N(C#N)C(=O)C=C2N=C(N)c3ccccc32)cc1Cl. The maximum atomic E-state index is 12.5. The number of aliphatic imine (C=N–C) groups is 1. The molecule has 0 aromatic heterocycles. The third-order valence-electron chi connectivity index (χ3n) is 3.71. The number of rotatable bonds is 2. The third kappa shape index (κ3) is 2.75. The minimum absolute atomic E-state index is 0.353. The van der Waals surface area contributed by atoms with Gasteiger partial charge in [0.25, 0.3) is 5.91 Å². The first-order valence-corrected chi connectivity index (χ1v) is 7.54. The summed E-state index contributed by atoms with van der Waals surface area (Å²) in [5.74, 6) is -0.160. The van der Waals surface area contributed by atoms with Crippen molar-refractivity contribution in [2.24, 2.45) is 10.7 Å². The number of nitrogens with two attached hydrogens (primary N) is 1. The van der Waals surface area contributed by atoms with Gasteiger partial charge in [-0.3, -0.25) is 4.79 Å². The molecule has 6 heteroatoms. The average Bonchev–Trinajstić information content (AvgIpc) is 2.88. The highest BCUT2D eigenvalue weighted by molar-refractivity contribution is 6.31. The molecule has 1 heterocycles. The molecule has 0 fully saturated rings. The van der Waals surface area contributed by atoms with Crippen LogP contribution in [0.25, 0.3) is 5.70 Å². The maximum Gasteiger partial charge on any atom is 0.266 e. The number of amides is 1. The highest BCUT2D eigenvalue weighted by Crippen LogP contribution is 2.28. The van der Waals surface area contributed by atoms with Gasteiger partial charge >= 0.3 is 0 Å². The van der Waals surface area contributed by atoms with E-state index in [4.69, 9.17) is 17.3 Å².